The monoisotopic (exact) mass is 309 g/mol. The number of alkyl halides is 1. The molecule has 3 heteroatoms. The van der Waals surface area contributed by atoms with Gasteiger partial charge in [-0.15, -0.1) is 0 Å². The summed E-state index contributed by atoms with van der Waals surface area (Å²) in [5.74, 6) is 2.57. The maximum absolute atomic E-state index is 14.3. The molecular weight excluding hydrogens is 277 g/mol. The minimum Gasteiger partial charge on any atom is -0.393 e. The van der Waals surface area contributed by atoms with Crippen LogP contribution in [0, 0.1) is 34.5 Å². The Morgan fingerprint density at radius 3 is 2.45 bits per heavy atom. The van der Waals surface area contributed by atoms with Crippen LogP contribution in [0.5, 0.6) is 0 Å². The molecule has 4 rings (SSSR count). The molecule has 0 heterocycles. The molecule has 0 bridgehead atoms. The third-order valence-corrected chi connectivity index (χ3v) is 8.71. The molecule has 1 unspecified atom stereocenters. The highest BCUT2D eigenvalue weighted by Crippen LogP contribution is 2.66. The number of hydrogen-bond acceptors (Lipinski definition) is 2. The molecule has 0 aromatic carbocycles. The van der Waals surface area contributed by atoms with E-state index in [-0.39, 0.29) is 17.6 Å². The Balaban J connectivity index is 1.63. The van der Waals surface area contributed by atoms with Gasteiger partial charge in [0.25, 0.3) is 0 Å². The summed E-state index contributed by atoms with van der Waals surface area (Å²) < 4.78 is 14.3. The lowest BCUT2D eigenvalue weighted by Gasteiger charge is -2.60. The summed E-state index contributed by atoms with van der Waals surface area (Å²) in [6, 6.07) is -0.253. The lowest BCUT2D eigenvalue weighted by atomic mass is 9.45. The summed E-state index contributed by atoms with van der Waals surface area (Å²) in [6.45, 7) is 4.74. The molecule has 2 nitrogen and oxygen atoms in total. The van der Waals surface area contributed by atoms with Crippen molar-refractivity contribution in [2.24, 2.45) is 40.2 Å². The zero-order chi connectivity index (χ0) is 15.7. The Bertz CT molecular complexity index is 457. The zero-order valence-electron chi connectivity index (χ0n) is 14.1. The smallest absolute Gasteiger partial charge is 0.116 e. The van der Waals surface area contributed by atoms with E-state index in [0.717, 1.165) is 31.6 Å². The summed E-state index contributed by atoms with van der Waals surface area (Å²) in [6.07, 6.45) is 7.72. The van der Waals surface area contributed by atoms with Crippen LogP contribution in [0.4, 0.5) is 4.39 Å². The summed E-state index contributed by atoms with van der Waals surface area (Å²) in [4.78, 5) is 0. The van der Waals surface area contributed by atoms with Gasteiger partial charge in [-0.3, -0.25) is 0 Å². The molecule has 0 saturated heterocycles. The van der Waals surface area contributed by atoms with Crippen LogP contribution in [0.2, 0.25) is 0 Å². The predicted octanol–water partition coefficient (Wildman–Crippen LogP) is 3.67. The van der Waals surface area contributed by atoms with Crippen LogP contribution in [0.3, 0.4) is 0 Å². The summed E-state index contributed by atoms with van der Waals surface area (Å²) >= 11 is 0. The van der Waals surface area contributed by atoms with E-state index in [1.807, 2.05) is 0 Å². The van der Waals surface area contributed by atoms with Crippen LogP contribution < -0.4 is 5.73 Å². The Morgan fingerprint density at radius 2 is 1.68 bits per heavy atom. The number of halogens is 1. The maximum atomic E-state index is 14.3. The minimum atomic E-state index is -0.799. The van der Waals surface area contributed by atoms with E-state index in [4.69, 9.17) is 5.73 Å². The normalized spacial score (nSPS) is 61.2. The first kappa shape index (κ1) is 15.4. The fourth-order valence-electron chi connectivity index (χ4n) is 7.24. The average molecular weight is 309 g/mol. The van der Waals surface area contributed by atoms with E-state index in [1.165, 1.54) is 19.3 Å². The second-order valence-corrected chi connectivity index (χ2v) is 9.41. The average Bonchev–Trinajstić information content (AvgIpc) is 2.72. The van der Waals surface area contributed by atoms with Crippen LogP contribution >= 0.6 is 0 Å². The zero-order valence-corrected chi connectivity index (χ0v) is 14.1. The van der Waals surface area contributed by atoms with Gasteiger partial charge >= 0.3 is 0 Å². The van der Waals surface area contributed by atoms with Crippen LogP contribution in [0.15, 0.2) is 0 Å². The highest BCUT2D eigenvalue weighted by molar-refractivity contribution is 5.12. The van der Waals surface area contributed by atoms with Gasteiger partial charge in [-0.25, -0.2) is 4.39 Å². The SMILES string of the molecule is C[C@]12CC[C@H]3[C@@H](CCC4C[C@H](O)CC[C@@]43C)[C@@H]1C[C@H](F)[C@@H]2N. The fraction of sp³-hybridized carbons (Fsp3) is 1.00. The molecule has 126 valence electrons. The van der Waals surface area contributed by atoms with Crippen molar-refractivity contribution in [1.82, 2.24) is 0 Å². The van der Waals surface area contributed by atoms with Gasteiger partial charge in [-0.05, 0) is 85.9 Å². The third kappa shape index (κ3) is 1.90. The number of fused-ring (bicyclic) bond motifs is 5. The largest absolute Gasteiger partial charge is 0.393 e. The first-order chi connectivity index (χ1) is 10.4. The summed E-state index contributed by atoms with van der Waals surface area (Å²) in [7, 11) is 0. The summed E-state index contributed by atoms with van der Waals surface area (Å²) in [5, 5.41) is 10.1. The predicted molar refractivity (Wildman–Crippen MR) is 86.0 cm³/mol. The van der Waals surface area contributed by atoms with E-state index in [9.17, 15) is 9.50 Å². The molecule has 0 spiro atoms. The van der Waals surface area contributed by atoms with Crippen molar-refractivity contribution in [1.29, 1.82) is 0 Å². The number of nitrogens with two attached hydrogens (primary N) is 1. The first-order valence-corrected chi connectivity index (χ1v) is 9.44. The minimum absolute atomic E-state index is 0.0258. The van der Waals surface area contributed by atoms with Crippen molar-refractivity contribution in [3.63, 3.8) is 0 Å². The van der Waals surface area contributed by atoms with E-state index < -0.39 is 6.17 Å². The van der Waals surface area contributed by atoms with Crippen LogP contribution in [0.25, 0.3) is 0 Å². The Morgan fingerprint density at radius 1 is 0.955 bits per heavy atom. The lowest BCUT2D eigenvalue weighted by Crippen LogP contribution is -2.55. The highest BCUT2D eigenvalue weighted by Gasteiger charge is 2.61. The second-order valence-electron chi connectivity index (χ2n) is 9.41. The van der Waals surface area contributed by atoms with Crippen molar-refractivity contribution in [3.8, 4) is 0 Å². The third-order valence-electron chi connectivity index (χ3n) is 8.71. The lowest BCUT2D eigenvalue weighted by molar-refractivity contribution is -0.122. The van der Waals surface area contributed by atoms with Gasteiger partial charge in [0, 0.05) is 6.04 Å². The van der Waals surface area contributed by atoms with Crippen LogP contribution in [-0.2, 0) is 0 Å². The van der Waals surface area contributed by atoms with Gasteiger partial charge in [0.1, 0.15) is 6.17 Å². The Labute approximate surface area is 134 Å². The maximum Gasteiger partial charge on any atom is 0.116 e. The van der Waals surface area contributed by atoms with Crippen molar-refractivity contribution in [2.45, 2.75) is 83.5 Å². The molecular formula is C19H32FNO. The molecule has 0 aliphatic heterocycles. The quantitative estimate of drug-likeness (QED) is 0.717. The van der Waals surface area contributed by atoms with Crippen LogP contribution in [-0.4, -0.2) is 23.4 Å². The van der Waals surface area contributed by atoms with Crippen molar-refractivity contribution in [3.05, 3.63) is 0 Å². The molecule has 4 fully saturated rings. The molecule has 3 N–H and O–H groups in total. The Kier molecular flexibility index (Phi) is 3.44. The number of aliphatic hydroxyl groups is 1. The topological polar surface area (TPSA) is 46.2 Å². The van der Waals surface area contributed by atoms with Gasteiger partial charge < -0.3 is 10.8 Å². The molecule has 4 aliphatic carbocycles. The van der Waals surface area contributed by atoms with E-state index in [0.29, 0.717) is 29.6 Å². The van der Waals surface area contributed by atoms with Crippen molar-refractivity contribution >= 4 is 0 Å². The number of aliphatic hydroxyl groups excluding tert-OH is 1. The van der Waals surface area contributed by atoms with E-state index in [2.05, 4.69) is 13.8 Å². The van der Waals surface area contributed by atoms with Gasteiger partial charge in [0.15, 0.2) is 0 Å². The van der Waals surface area contributed by atoms with Gasteiger partial charge in [-0.1, -0.05) is 13.8 Å². The molecule has 4 saturated carbocycles. The number of rotatable bonds is 0. The summed E-state index contributed by atoms with van der Waals surface area (Å²) in [5.41, 5.74) is 6.67. The van der Waals surface area contributed by atoms with Gasteiger partial charge in [-0.2, -0.15) is 0 Å². The van der Waals surface area contributed by atoms with Gasteiger partial charge in [0.2, 0.25) is 0 Å². The molecule has 0 radical (unpaired) electrons. The fourth-order valence-corrected chi connectivity index (χ4v) is 7.24. The first-order valence-electron chi connectivity index (χ1n) is 9.44. The van der Waals surface area contributed by atoms with Crippen molar-refractivity contribution < 1.29 is 9.50 Å². The molecule has 0 aromatic heterocycles. The Hall–Kier alpha value is -0.150. The highest BCUT2D eigenvalue weighted by atomic mass is 19.1. The van der Waals surface area contributed by atoms with Crippen LogP contribution in [0.1, 0.15) is 65.2 Å². The van der Waals surface area contributed by atoms with E-state index in [1.54, 1.807) is 0 Å². The molecule has 22 heavy (non-hydrogen) atoms. The molecule has 0 amide bonds. The molecule has 0 aromatic rings. The van der Waals surface area contributed by atoms with Gasteiger partial charge in [0.05, 0.1) is 6.10 Å². The number of hydrogen-bond donors (Lipinski definition) is 2. The standard InChI is InChI=1S/C19H32FNO/c1-18-7-5-12(22)9-11(18)3-4-13-14(18)6-8-19(2)15(13)10-16(20)17(19)21/h11-17,22H,3-10,21H2,1-2H3/t11?,12-,13-,14+,15+,16+,17+,18+,19+/m1/s1. The van der Waals surface area contributed by atoms with E-state index >= 15 is 0 Å². The molecule has 4 aliphatic rings. The molecule has 9 atom stereocenters. The van der Waals surface area contributed by atoms with Crippen molar-refractivity contribution in [2.75, 3.05) is 0 Å². The second kappa shape index (κ2) is 4.92.